The summed E-state index contributed by atoms with van der Waals surface area (Å²) in [6, 6.07) is 10.5. The molecule has 10 nitrogen and oxygen atoms in total. The van der Waals surface area contributed by atoms with E-state index in [1.807, 2.05) is 0 Å². The number of non-ortho nitro benzene ring substituents is 1. The van der Waals surface area contributed by atoms with Crippen LogP contribution in [0.15, 0.2) is 46.9 Å². The number of nitro benzene ring substituents is 1. The number of nitrogens with zero attached hydrogens (tertiary/aromatic N) is 3. The summed E-state index contributed by atoms with van der Waals surface area (Å²) in [7, 11) is 0. The molecule has 3 aromatic rings. The fourth-order valence-electron chi connectivity index (χ4n) is 2.39. The molecule has 0 saturated heterocycles. The highest BCUT2D eigenvalue weighted by Crippen LogP contribution is 2.24. The molecule has 0 radical (unpaired) electrons. The lowest BCUT2D eigenvalue weighted by atomic mass is 10.1. The summed E-state index contributed by atoms with van der Waals surface area (Å²) in [5, 5.41) is 31.0. The monoisotopic (exact) mass is 418 g/mol. The maximum Gasteiger partial charge on any atom is 0.341 e. The van der Waals surface area contributed by atoms with Crippen LogP contribution < -0.4 is 5.32 Å². The zero-order valence-electron chi connectivity index (χ0n) is 14.9. The van der Waals surface area contributed by atoms with Gasteiger partial charge in [-0.05, 0) is 30.3 Å². The number of aromatic nitrogens is 2. The maximum absolute atomic E-state index is 12.4. The van der Waals surface area contributed by atoms with Crippen molar-refractivity contribution in [2.75, 3.05) is 18.5 Å². The Kier molecular flexibility index (Phi) is 6.37. The molecular weight excluding hydrogens is 404 g/mol. The van der Waals surface area contributed by atoms with Crippen molar-refractivity contribution in [3.05, 3.63) is 69.1 Å². The minimum atomic E-state index is -0.819. The average Bonchev–Trinajstić information content (AvgIpc) is 3.19. The van der Waals surface area contributed by atoms with E-state index in [4.69, 9.17) is 25.9 Å². The van der Waals surface area contributed by atoms with Gasteiger partial charge in [0.15, 0.2) is 6.61 Å². The Morgan fingerprint density at radius 1 is 1.24 bits per heavy atom. The standard InChI is InChI=1S/C18H15ClN4O6/c19-12-3-1-11(2-4-12)17-22-21-16(29-17)10-28-18(25)14-9-13(23(26)27)5-6-15(14)20-7-8-24/h1-6,9,20,24H,7-8,10H2. The van der Waals surface area contributed by atoms with Gasteiger partial charge >= 0.3 is 5.97 Å². The van der Waals surface area contributed by atoms with Crippen LogP contribution in [0.2, 0.25) is 5.02 Å². The van der Waals surface area contributed by atoms with Gasteiger partial charge in [-0.25, -0.2) is 4.79 Å². The lowest BCUT2D eigenvalue weighted by molar-refractivity contribution is -0.384. The Hall–Kier alpha value is -3.50. The molecule has 0 saturated carbocycles. The van der Waals surface area contributed by atoms with Gasteiger partial charge in [0.25, 0.3) is 11.6 Å². The molecule has 0 aliphatic rings. The van der Waals surface area contributed by atoms with Crippen LogP contribution in [-0.4, -0.2) is 39.3 Å². The van der Waals surface area contributed by atoms with Crippen LogP contribution in [0.4, 0.5) is 11.4 Å². The fourth-order valence-corrected chi connectivity index (χ4v) is 2.51. The second kappa shape index (κ2) is 9.13. The van der Waals surface area contributed by atoms with Gasteiger partial charge in [0.2, 0.25) is 5.89 Å². The molecule has 2 N–H and O–H groups in total. The smallest absolute Gasteiger partial charge is 0.341 e. The lowest BCUT2D eigenvalue weighted by Crippen LogP contribution is -2.13. The first-order valence-corrected chi connectivity index (χ1v) is 8.74. The van der Waals surface area contributed by atoms with E-state index in [0.717, 1.165) is 6.07 Å². The van der Waals surface area contributed by atoms with E-state index in [1.165, 1.54) is 12.1 Å². The van der Waals surface area contributed by atoms with Crippen molar-refractivity contribution in [1.82, 2.24) is 10.2 Å². The van der Waals surface area contributed by atoms with Gasteiger partial charge in [0.05, 0.1) is 17.1 Å². The Morgan fingerprint density at radius 3 is 2.69 bits per heavy atom. The Labute approximate surface area is 169 Å². The predicted molar refractivity (Wildman–Crippen MR) is 103 cm³/mol. The summed E-state index contributed by atoms with van der Waals surface area (Å²) in [4.78, 5) is 22.8. The second-order valence-electron chi connectivity index (χ2n) is 5.72. The summed E-state index contributed by atoms with van der Waals surface area (Å²) < 4.78 is 10.6. The summed E-state index contributed by atoms with van der Waals surface area (Å²) >= 11 is 5.84. The van der Waals surface area contributed by atoms with Gasteiger partial charge in [0.1, 0.15) is 0 Å². The summed E-state index contributed by atoms with van der Waals surface area (Å²) in [5.74, 6) is -0.535. The maximum atomic E-state index is 12.4. The zero-order chi connectivity index (χ0) is 20.8. The molecule has 0 aliphatic heterocycles. The number of nitrogens with one attached hydrogen (secondary N) is 1. The predicted octanol–water partition coefficient (Wildman–Crippen LogP) is 3.06. The van der Waals surface area contributed by atoms with Crippen molar-refractivity contribution >= 4 is 28.9 Å². The van der Waals surface area contributed by atoms with Crippen molar-refractivity contribution in [1.29, 1.82) is 0 Å². The van der Waals surface area contributed by atoms with Gasteiger partial charge in [-0.3, -0.25) is 10.1 Å². The molecule has 0 aliphatic carbocycles. The highest BCUT2D eigenvalue weighted by atomic mass is 35.5. The number of aliphatic hydroxyl groups is 1. The first-order chi connectivity index (χ1) is 14.0. The molecule has 0 amide bonds. The second-order valence-corrected chi connectivity index (χ2v) is 6.16. The molecule has 0 bridgehead atoms. The van der Waals surface area contributed by atoms with Crippen LogP contribution >= 0.6 is 11.6 Å². The van der Waals surface area contributed by atoms with Crippen LogP contribution in [0.3, 0.4) is 0 Å². The molecule has 0 fully saturated rings. The van der Waals surface area contributed by atoms with Crippen LogP contribution in [-0.2, 0) is 11.3 Å². The van der Waals surface area contributed by atoms with Crippen molar-refractivity contribution in [2.24, 2.45) is 0 Å². The minimum absolute atomic E-state index is 0.0508. The lowest BCUT2D eigenvalue weighted by Gasteiger charge is -2.10. The van der Waals surface area contributed by atoms with E-state index in [2.05, 4.69) is 15.5 Å². The van der Waals surface area contributed by atoms with Crippen molar-refractivity contribution in [3.8, 4) is 11.5 Å². The number of nitro groups is 1. The number of hydrogen-bond donors (Lipinski definition) is 2. The number of benzene rings is 2. The van der Waals surface area contributed by atoms with E-state index >= 15 is 0 Å². The van der Waals surface area contributed by atoms with E-state index in [-0.39, 0.29) is 42.8 Å². The fraction of sp³-hybridized carbons (Fsp3) is 0.167. The van der Waals surface area contributed by atoms with Crippen LogP contribution in [0.25, 0.3) is 11.5 Å². The van der Waals surface area contributed by atoms with Crippen LogP contribution in [0.5, 0.6) is 0 Å². The molecule has 1 heterocycles. The largest absolute Gasteiger partial charge is 0.452 e. The summed E-state index contributed by atoms with van der Waals surface area (Å²) in [6.45, 7) is -0.339. The number of ether oxygens (including phenoxy) is 1. The molecule has 150 valence electrons. The van der Waals surface area contributed by atoms with Crippen molar-refractivity contribution in [3.63, 3.8) is 0 Å². The van der Waals surface area contributed by atoms with Gasteiger partial charge in [-0.1, -0.05) is 11.6 Å². The summed E-state index contributed by atoms with van der Waals surface area (Å²) in [6.07, 6.45) is 0. The third-order valence-electron chi connectivity index (χ3n) is 3.75. The Morgan fingerprint density at radius 2 is 2.00 bits per heavy atom. The Balaban J connectivity index is 1.72. The number of rotatable bonds is 8. The Bertz CT molecular complexity index is 1020. The van der Waals surface area contributed by atoms with E-state index < -0.39 is 10.9 Å². The first-order valence-electron chi connectivity index (χ1n) is 8.36. The molecule has 0 spiro atoms. The number of carbonyl (C=O) groups excluding carboxylic acids is 1. The van der Waals surface area contributed by atoms with Gasteiger partial charge in [-0.2, -0.15) is 0 Å². The van der Waals surface area contributed by atoms with Gasteiger partial charge < -0.3 is 19.6 Å². The third kappa shape index (κ3) is 5.06. The zero-order valence-corrected chi connectivity index (χ0v) is 15.6. The SMILES string of the molecule is O=C(OCc1nnc(-c2ccc(Cl)cc2)o1)c1cc([N+](=O)[O-])ccc1NCCO. The molecule has 3 rings (SSSR count). The van der Waals surface area contributed by atoms with Crippen molar-refractivity contribution < 1.29 is 24.0 Å². The van der Waals surface area contributed by atoms with Crippen LogP contribution in [0, 0.1) is 10.1 Å². The molecule has 0 unspecified atom stereocenters. The molecule has 2 aromatic carbocycles. The molecule has 0 atom stereocenters. The number of halogens is 1. The molecule has 11 heteroatoms. The van der Waals surface area contributed by atoms with E-state index in [1.54, 1.807) is 24.3 Å². The van der Waals surface area contributed by atoms with Gasteiger partial charge in [0, 0.05) is 35.0 Å². The molecular formula is C18H15ClN4O6. The van der Waals surface area contributed by atoms with E-state index in [9.17, 15) is 14.9 Å². The van der Waals surface area contributed by atoms with E-state index in [0.29, 0.717) is 16.3 Å². The summed E-state index contributed by atoms with van der Waals surface area (Å²) in [5.41, 5.74) is 0.620. The third-order valence-corrected chi connectivity index (χ3v) is 4.00. The number of esters is 1. The van der Waals surface area contributed by atoms with Crippen molar-refractivity contribution in [2.45, 2.75) is 6.61 Å². The van der Waals surface area contributed by atoms with Crippen LogP contribution in [0.1, 0.15) is 16.2 Å². The average molecular weight is 419 g/mol. The topological polar surface area (TPSA) is 141 Å². The highest BCUT2D eigenvalue weighted by Gasteiger charge is 2.19. The number of aliphatic hydroxyl groups excluding tert-OH is 1. The molecule has 1 aromatic heterocycles. The first kappa shape index (κ1) is 20.2. The molecule has 29 heavy (non-hydrogen) atoms. The number of hydrogen-bond acceptors (Lipinski definition) is 9. The quantitative estimate of drug-likeness (QED) is 0.320. The highest BCUT2D eigenvalue weighted by molar-refractivity contribution is 6.30. The minimum Gasteiger partial charge on any atom is -0.452 e. The number of carbonyl (C=O) groups is 1. The normalized spacial score (nSPS) is 10.6. The number of anilines is 1. The van der Waals surface area contributed by atoms with Gasteiger partial charge in [-0.15, -0.1) is 10.2 Å².